The van der Waals surface area contributed by atoms with Crippen LogP contribution in [-0.4, -0.2) is 34.8 Å². The van der Waals surface area contributed by atoms with Gasteiger partial charge in [-0.05, 0) is 55.3 Å². The van der Waals surface area contributed by atoms with Crippen LogP contribution in [0.2, 0.25) is 5.02 Å². The largest absolute Gasteiger partial charge is 0.358 e. The number of hydrogen-bond acceptors (Lipinski definition) is 2. The zero-order valence-corrected chi connectivity index (χ0v) is 17.9. The maximum atomic E-state index is 13.3. The van der Waals surface area contributed by atoms with Crippen LogP contribution in [0.4, 0.5) is 5.69 Å². The quantitative estimate of drug-likeness (QED) is 0.667. The molecule has 154 valence electrons. The molecule has 1 fully saturated rings. The number of nitrogens with zero attached hydrogens (tertiary/aromatic N) is 2. The standard InChI is InChI=1S/C24H24ClN3O2/c1-14-7-15(2)9-18(8-14)28-12-16(10-23(28)29)24(30)27-6-5-22-20(13-27)19-11-17(25)3-4-21(19)26-22/h3-4,7-9,11,16,26H,5-6,10,12-13H2,1-2H3. The fourth-order valence-electron chi connectivity index (χ4n) is 4.86. The topological polar surface area (TPSA) is 56.4 Å². The second-order valence-corrected chi connectivity index (χ2v) is 8.97. The zero-order chi connectivity index (χ0) is 21.0. The van der Waals surface area contributed by atoms with Crippen molar-refractivity contribution in [3.8, 4) is 0 Å². The van der Waals surface area contributed by atoms with Gasteiger partial charge in [-0.3, -0.25) is 9.59 Å². The second kappa shape index (κ2) is 7.17. The first-order chi connectivity index (χ1) is 14.4. The van der Waals surface area contributed by atoms with Gasteiger partial charge in [0.2, 0.25) is 11.8 Å². The van der Waals surface area contributed by atoms with Crippen LogP contribution in [0.25, 0.3) is 10.9 Å². The van der Waals surface area contributed by atoms with E-state index in [2.05, 4.69) is 11.1 Å². The fourth-order valence-corrected chi connectivity index (χ4v) is 5.03. The third kappa shape index (κ3) is 3.27. The number of aromatic amines is 1. The highest BCUT2D eigenvalue weighted by Gasteiger charge is 2.38. The summed E-state index contributed by atoms with van der Waals surface area (Å²) in [6.07, 6.45) is 1.06. The van der Waals surface area contributed by atoms with Gasteiger partial charge in [-0.15, -0.1) is 0 Å². The van der Waals surface area contributed by atoms with E-state index in [1.165, 1.54) is 5.69 Å². The number of carbonyl (C=O) groups excluding carboxylic acids is 2. The fraction of sp³-hybridized carbons (Fsp3) is 0.333. The molecule has 3 aromatic rings. The van der Waals surface area contributed by atoms with E-state index in [4.69, 9.17) is 11.6 Å². The monoisotopic (exact) mass is 421 g/mol. The lowest BCUT2D eigenvalue weighted by Gasteiger charge is -2.29. The van der Waals surface area contributed by atoms with E-state index in [1.54, 1.807) is 4.90 Å². The Hall–Kier alpha value is -2.79. The normalized spacial score (nSPS) is 18.9. The Morgan fingerprint density at radius 3 is 2.67 bits per heavy atom. The molecule has 1 N–H and O–H groups in total. The summed E-state index contributed by atoms with van der Waals surface area (Å²) >= 11 is 6.20. The third-order valence-corrected chi connectivity index (χ3v) is 6.48. The molecule has 0 radical (unpaired) electrons. The highest BCUT2D eigenvalue weighted by atomic mass is 35.5. The van der Waals surface area contributed by atoms with Gasteiger partial charge in [0.15, 0.2) is 0 Å². The molecule has 2 amide bonds. The van der Waals surface area contributed by atoms with Crippen LogP contribution in [0.15, 0.2) is 36.4 Å². The van der Waals surface area contributed by atoms with Gasteiger partial charge in [0.05, 0.1) is 5.92 Å². The van der Waals surface area contributed by atoms with Gasteiger partial charge < -0.3 is 14.8 Å². The minimum Gasteiger partial charge on any atom is -0.358 e. The molecule has 6 heteroatoms. The first-order valence-corrected chi connectivity index (χ1v) is 10.7. The van der Waals surface area contributed by atoms with Crippen LogP contribution in [0.1, 0.15) is 28.8 Å². The van der Waals surface area contributed by atoms with Gasteiger partial charge in [0.25, 0.3) is 0 Å². The average molecular weight is 422 g/mol. The van der Waals surface area contributed by atoms with E-state index in [0.29, 0.717) is 24.7 Å². The van der Waals surface area contributed by atoms with E-state index >= 15 is 0 Å². The zero-order valence-electron chi connectivity index (χ0n) is 17.2. The minimum atomic E-state index is -0.298. The summed E-state index contributed by atoms with van der Waals surface area (Å²) in [4.78, 5) is 33.1. The summed E-state index contributed by atoms with van der Waals surface area (Å²) in [5.74, 6) is -0.208. The number of carbonyl (C=O) groups is 2. The summed E-state index contributed by atoms with van der Waals surface area (Å²) in [6.45, 7) is 5.73. The predicted molar refractivity (Wildman–Crippen MR) is 119 cm³/mol. The molecule has 30 heavy (non-hydrogen) atoms. The smallest absolute Gasteiger partial charge is 0.228 e. The van der Waals surface area contributed by atoms with E-state index in [1.807, 2.05) is 49.1 Å². The number of rotatable bonds is 2. The molecule has 2 aliphatic rings. The van der Waals surface area contributed by atoms with Crippen molar-refractivity contribution in [3.63, 3.8) is 0 Å². The summed E-state index contributed by atoms with van der Waals surface area (Å²) < 4.78 is 0. The summed E-state index contributed by atoms with van der Waals surface area (Å²) in [5, 5.41) is 1.77. The molecule has 2 aromatic carbocycles. The van der Waals surface area contributed by atoms with Gasteiger partial charge in [-0.25, -0.2) is 0 Å². The highest BCUT2D eigenvalue weighted by molar-refractivity contribution is 6.31. The third-order valence-electron chi connectivity index (χ3n) is 6.24. The predicted octanol–water partition coefficient (Wildman–Crippen LogP) is 4.38. The lowest BCUT2D eigenvalue weighted by molar-refractivity contribution is -0.136. The van der Waals surface area contributed by atoms with Crippen molar-refractivity contribution >= 4 is 40.0 Å². The molecule has 2 aliphatic heterocycles. The number of hydrogen-bond donors (Lipinski definition) is 1. The van der Waals surface area contributed by atoms with Crippen LogP contribution in [0.5, 0.6) is 0 Å². The molecule has 0 aliphatic carbocycles. The van der Waals surface area contributed by atoms with Crippen molar-refractivity contribution in [2.75, 3.05) is 18.0 Å². The summed E-state index contributed by atoms with van der Waals surface area (Å²) in [6, 6.07) is 11.9. The number of halogens is 1. The molecular weight excluding hydrogens is 398 g/mol. The first kappa shape index (κ1) is 19.2. The Kier molecular flexibility index (Phi) is 4.58. The number of benzene rings is 2. The molecular formula is C24H24ClN3O2. The van der Waals surface area contributed by atoms with Crippen LogP contribution in [0.3, 0.4) is 0 Å². The molecule has 1 unspecified atom stereocenters. The van der Waals surface area contributed by atoms with E-state index in [9.17, 15) is 9.59 Å². The van der Waals surface area contributed by atoms with Crippen molar-refractivity contribution < 1.29 is 9.59 Å². The number of amides is 2. The van der Waals surface area contributed by atoms with Crippen molar-refractivity contribution in [2.24, 2.45) is 5.92 Å². The lowest BCUT2D eigenvalue weighted by Crippen LogP contribution is -2.40. The second-order valence-electron chi connectivity index (χ2n) is 8.53. The van der Waals surface area contributed by atoms with Gasteiger partial charge in [0, 0.05) is 65.3 Å². The van der Waals surface area contributed by atoms with E-state index in [-0.39, 0.29) is 24.2 Å². The number of H-pyrrole nitrogens is 1. The maximum absolute atomic E-state index is 13.3. The molecule has 0 saturated carbocycles. The average Bonchev–Trinajstić information content (AvgIpc) is 3.26. The SMILES string of the molecule is Cc1cc(C)cc(N2CC(C(=O)N3CCc4[nH]c5ccc(Cl)cc5c4C3)CC2=O)c1. The molecule has 1 atom stereocenters. The van der Waals surface area contributed by atoms with E-state index < -0.39 is 0 Å². The number of aromatic nitrogens is 1. The van der Waals surface area contributed by atoms with Gasteiger partial charge in [-0.1, -0.05) is 17.7 Å². The number of anilines is 1. The molecule has 0 bridgehead atoms. The number of fused-ring (bicyclic) bond motifs is 3. The van der Waals surface area contributed by atoms with Crippen molar-refractivity contribution in [2.45, 2.75) is 33.2 Å². The van der Waals surface area contributed by atoms with Crippen molar-refractivity contribution in [1.82, 2.24) is 9.88 Å². The highest BCUT2D eigenvalue weighted by Crippen LogP contribution is 2.32. The molecule has 0 spiro atoms. The van der Waals surface area contributed by atoms with Gasteiger partial charge >= 0.3 is 0 Å². The first-order valence-electron chi connectivity index (χ1n) is 10.4. The van der Waals surface area contributed by atoms with Crippen LogP contribution >= 0.6 is 11.6 Å². The van der Waals surface area contributed by atoms with E-state index in [0.717, 1.165) is 39.7 Å². The lowest BCUT2D eigenvalue weighted by atomic mass is 10.0. The van der Waals surface area contributed by atoms with Crippen LogP contribution in [0, 0.1) is 19.8 Å². The Labute approximate surface area is 180 Å². The Bertz CT molecular complexity index is 1160. The molecule has 5 nitrogen and oxygen atoms in total. The van der Waals surface area contributed by atoms with Crippen molar-refractivity contribution in [1.29, 1.82) is 0 Å². The Morgan fingerprint density at radius 1 is 1.13 bits per heavy atom. The number of nitrogens with one attached hydrogen (secondary N) is 1. The summed E-state index contributed by atoms with van der Waals surface area (Å²) in [5.41, 5.74) is 6.50. The van der Waals surface area contributed by atoms with Gasteiger partial charge in [0.1, 0.15) is 0 Å². The maximum Gasteiger partial charge on any atom is 0.228 e. The van der Waals surface area contributed by atoms with Gasteiger partial charge in [-0.2, -0.15) is 0 Å². The Balaban J connectivity index is 1.36. The summed E-state index contributed by atoms with van der Waals surface area (Å²) in [7, 11) is 0. The Morgan fingerprint density at radius 2 is 1.90 bits per heavy atom. The van der Waals surface area contributed by atoms with Crippen LogP contribution < -0.4 is 4.90 Å². The number of aryl methyl sites for hydroxylation is 2. The van der Waals surface area contributed by atoms with Crippen LogP contribution in [-0.2, 0) is 22.6 Å². The van der Waals surface area contributed by atoms with Crippen molar-refractivity contribution in [3.05, 3.63) is 63.8 Å². The molecule has 3 heterocycles. The molecule has 1 saturated heterocycles. The molecule has 1 aromatic heterocycles. The minimum absolute atomic E-state index is 0.0231. The molecule has 5 rings (SSSR count).